The third-order valence-corrected chi connectivity index (χ3v) is 4.38. The van der Waals surface area contributed by atoms with E-state index in [4.69, 9.17) is 0 Å². The maximum atomic E-state index is 12.9. The van der Waals surface area contributed by atoms with Gasteiger partial charge in [0.25, 0.3) is 12.3 Å². The number of benzene rings is 1. The smallest absolute Gasteiger partial charge is 0.282 e. The van der Waals surface area contributed by atoms with Gasteiger partial charge in [-0.15, -0.1) is 0 Å². The van der Waals surface area contributed by atoms with Crippen LogP contribution in [-0.4, -0.2) is 16.1 Å². The van der Waals surface area contributed by atoms with Gasteiger partial charge in [-0.05, 0) is 30.4 Å². The number of carbonyl (C=O) groups excluding carboxylic acids is 1. The van der Waals surface area contributed by atoms with Gasteiger partial charge in [0.1, 0.15) is 5.69 Å². The minimum Gasteiger partial charge on any atom is -0.322 e. The lowest BCUT2D eigenvalue weighted by atomic mass is 9.83. The summed E-state index contributed by atoms with van der Waals surface area (Å²) in [5.74, 6) is -0.142. The number of rotatable bonds is 4. The highest BCUT2D eigenvalue weighted by atomic mass is 19.3. The SMILES string of the molecule is O=C(Nc1ccccc1C1CCCCC1)c1c[nH]nc1C(F)F. The highest BCUT2D eigenvalue weighted by molar-refractivity contribution is 6.05. The second-order valence-corrected chi connectivity index (χ2v) is 5.86. The van der Waals surface area contributed by atoms with E-state index in [0.29, 0.717) is 11.6 Å². The molecule has 1 heterocycles. The second kappa shape index (κ2) is 6.89. The summed E-state index contributed by atoms with van der Waals surface area (Å²) >= 11 is 0. The summed E-state index contributed by atoms with van der Waals surface area (Å²) in [5, 5.41) is 8.56. The Morgan fingerprint density at radius 1 is 1.22 bits per heavy atom. The molecule has 0 aliphatic heterocycles. The number of halogens is 2. The number of aromatic nitrogens is 2. The molecule has 1 aliphatic carbocycles. The largest absolute Gasteiger partial charge is 0.322 e. The number of hydrogen-bond donors (Lipinski definition) is 2. The molecule has 0 spiro atoms. The topological polar surface area (TPSA) is 57.8 Å². The summed E-state index contributed by atoms with van der Waals surface area (Å²) < 4.78 is 25.7. The van der Waals surface area contributed by atoms with Crippen LogP contribution in [0, 0.1) is 0 Å². The number of aromatic amines is 1. The molecular weight excluding hydrogens is 300 g/mol. The van der Waals surface area contributed by atoms with Crippen LogP contribution in [0.2, 0.25) is 0 Å². The zero-order chi connectivity index (χ0) is 16.2. The fourth-order valence-electron chi connectivity index (χ4n) is 3.22. The Bertz CT molecular complexity index is 678. The van der Waals surface area contributed by atoms with E-state index in [-0.39, 0.29) is 5.56 Å². The lowest BCUT2D eigenvalue weighted by Crippen LogP contribution is -2.16. The minimum absolute atomic E-state index is 0.113. The van der Waals surface area contributed by atoms with Crippen molar-refractivity contribution in [3.8, 4) is 0 Å². The van der Waals surface area contributed by atoms with Gasteiger partial charge >= 0.3 is 0 Å². The fraction of sp³-hybridized carbons (Fsp3) is 0.412. The van der Waals surface area contributed by atoms with Gasteiger partial charge < -0.3 is 5.32 Å². The van der Waals surface area contributed by atoms with Gasteiger partial charge in [-0.3, -0.25) is 9.89 Å². The van der Waals surface area contributed by atoms with Crippen LogP contribution in [0.25, 0.3) is 0 Å². The van der Waals surface area contributed by atoms with Crippen LogP contribution < -0.4 is 5.32 Å². The molecule has 0 radical (unpaired) electrons. The molecule has 0 atom stereocenters. The number of H-pyrrole nitrogens is 1. The Morgan fingerprint density at radius 2 is 1.96 bits per heavy atom. The van der Waals surface area contributed by atoms with Crippen molar-refractivity contribution in [1.82, 2.24) is 10.2 Å². The van der Waals surface area contributed by atoms with Gasteiger partial charge in [0.2, 0.25) is 0 Å². The van der Waals surface area contributed by atoms with Crippen LogP contribution in [-0.2, 0) is 0 Å². The minimum atomic E-state index is -2.78. The van der Waals surface area contributed by atoms with E-state index in [9.17, 15) is 13.6 Å². The predicted molar refractivity (Wildman–Crippen MR) is 83.8 cm³/mol. The van der Waals surface area contributed by atoms with E-state index >= 15 is 0 Å². The summed E-state index contributed by atoms with van der Waals surface area (Å²) in [7, 11) is 0. The molecule has 1 aromatic carbocycles. The van der Waals surface area contributed by atoms with E-state index in [1.165, 1.54) is 25.5 Å². The standard InChI is InChI=1S/C17H19F2N3O/c18-16(19)15-13(10-20-22-15)17(23)21-14-9-5-4-8-12(14)11-6-2-1-3-7-11/h4-5,8-11,16H,1-3,6-7H2,(H,20,22)(H,21,23). The van der Waals surface area contributed by atoms with Crippen LogP contribution in [0.15, 0.2) is 30.5 Å². The summed E-state index contributed by atoms with van der Waals surface area (Å²) in [5.41, 5.74) is 1.16. The van der Waals surface area contributed by atoms with Crippen molar-refractivity contribution in [2.24, 2.45) is 0 Å². The third kappa shape index (κ3) is 3.41. The van der Waals surface area contributed by atoms with E-state index in [0.717, 1.165) is 18.4 Å². The number of alkyl halides is 2. The Hall–Kier alpha value is -2.24. The average molecular weight is 319 g/mol. The molecule has 2 N–H and O–H groups in total. The summed E-state index contributed by atoms with van der Waals surface area (Å²) in [6.07, 6.45) is 4.24. The predicted octanol–water partition coefficient (Wildman–Crippen LogP) is 4.65. The van der Waals surface area contributed by atoms with Gasteiger partial charge in [-0.25, -0.2) is 8.78 Å². The number of nitrogens with zero attached hydrogens (tertiary/aromatic N) is 1. The van der Waals surface area contributed by atoms with Crippen molar-refractivity contribution in [2.75, 3.05) is 5.32 Å². The van der Waals surface area contributed by atoms with Crippen LogP contribution >= 0.6 is 0 Å². The van der Waals surface area contributed by atoms with Crippen LogP contribution in [0.1, 0.15) is 66.1 Å². The fourth-order valence-corrected chi connectivity index (χ4v) is 3.22. The van der Waals surface area contributed by atoms with Crippen molar-refractivity contribution >= 4 is 11.6 Å². The first-order valence-corrected chi connectivity index (χ1v) is 7.89. The first-order valence-electron chi connectivity index (χ1n) is 7.89. The first kappa shape index (κ1) is 15.6. The summed E-state index contributed by atoms with van der Waals surface area (Å²) in [6, 6.07) is 7.62. The number of para-hydroxylation sites is 1. The third-order valence-electron chi connectivity index (χ3n) is 4.38. The van der Waals surface area contributed by atoms with Crippen LogP contribution in [0.5, 0.6) is 0 Å². The molecule has 3 rings (SSSR count). The number of carbonyl (C=O) groups is 1. The Balaban J connectivity index is 1.82. The second-order valence-electron chi connectivity index (χ2n) is 5.86. The number of anilines is 1. The number of hydrogen-bond acceptors (Lipinski definition) is 2. The highest BCUT2D eigenvalue weighted by Gasteiger charge is 2.23. The quantitative estimate of drug-likeness (QED) is 0.862. The lowest BCUT2D eigenvalue weighted by molar-refractivity contribution is 0.101. The van der Waals surface area contributed by atoms with Crippen molar-refractivity contribution in [3.05, 3.63) is 47.3 Å². The van der Waals surface area contributed by atoms with Gasteiger partial charge in [0, 0.05) is 11.9 Å². The van der Waals surface area contributed by atoms with Crippen molar-refractivity contribution in [3.63, 3.8) is 0 Å². The molecule has 6 heteroatoms. The monoisotopic (exact) mass is 319 g/mol. The van der Waals surface area contributed by atoms with Gasteiger partial charge in [0.05, 0.1) is 5.56 Å². The van der Waals surface area contributed by atoms with E-state index in [1.807, 2.05) is 24.3 Å². The molecule has 23 heavy (non-hydrogen) atoms. The first-order chi connectivity index (χ1) is 11.2. The van der Waals surface area contributed by atoms with Gasteiger partial charge in [-0.2, -0.15) is 5.10 Å². The maximum Gasteiger partial charge on any atom is 0.282 e. The van der Waals surface area contributed by atoms with E-state index in [2.05, 4.69) is 15.5 Å². The molecule has 1 aromatic heterocycles. The zero-order valence-electron chi connectivity index (χ0n) is 12.7. The van der Waals surface area contributed by atoms with Crippen molar-refractivity contribution in [1.29, 1.82) is 0 Å². The molecule has 4 nitrogen and oxygen atoms in total. The molecule has 0 bridgehead atoms. The number of amides is 1. The number of nitrogens with one attached hydrogen (secondary N) is 2. The molecule has 1 fully saturated rings. The zero-order valence-corrected chi connectivity index (χ0v) is 12.7. The highest BCUT2D eigenvalue weighted by Crippen LogP contribution is 2.36. The molecule has 0 unspecified atom stereocenters. The van der Waals surface area contributed by atoms with E-state index in [1.54, 1.807) is 0 Å². The molecule has 122 valence electrons. The van der Waals surface area contributed by atoms with Crippen LogP contribution in [0.4, 0.5) is 14.5 Å². The Morgan fingerprint density at radius 3 is 2.70 bits per heavy atom. The maximum absolute atomic E-state index is 12.9. The van der Waals surface area contributed by atoms with Crippen LogP contribution in [0.3, 0.4) is 0 Å². The van der Waals surface area contributed by atoms with Gasteiger partial charge in [-0.1, -0.05) is 37.5 Å². The molecule has 2 aromatic rings. The molecule has 1 aliphatic rings. The lowest BCUT2D eigenvalue weighted by Gasteiger charge is -2.24. The Labute approximate surface area is 133 Å². The molecule has 1 amide bonds. The van der Waals surface area contributed by atoms with Crippen molar-refractivity contribution < 1.29 is 13.6 Å². The average Bonchev–Trinajstić information content (AvgIpc) is 3.06. The molecule has 1 saturated carbocycles. The molecule has 0 saturated heterocycles. The summed E-state index contributed by atoms with van der Waals surface area (Å²) in [6.45, 7) is 0. The van der Waals surface area contributed by atoms with Crippen molar-refractivity contribution in [2.45, 2.75) is 44.4 Å². The van der Waals surface area contributed by atoms with E-state index < -0.39 is 18.0 Å². The Kier molecular flexibility index (Phi) is 4.69. The normalized spacial score (nSPS) is 15.8. The molecular formula is C17H19F2N3O. The summed E-state index contributed by atoms with van der Waals surface area (Å²) in [4.78, 5) is 12.3. The van der Waals surface area contributed by atoms with Gasteiger partial charge in [0.15, 0.2) is 0 Å².